The molecule has 0 bridgehead atoms. The maximum absolute atomic E-state index is 13.1. The molecule has 0 atom stereocenters. The Balaban J connectivity index is 2.50. The Morgan fingerprint density at radius 3 is 2.64 bits per heavy atom. The van der Waals surface area contributed by atoms with Gasteiger partial charge in [0.2, 0.25) is 5.91 Å². The highest BCUT2D eigenvalue weighted by Gasteiger charge is 2.04. The number of hydrogen-bond acceptors (Lipinski definition) is 2. The lowest BCUT2D eigenvalue weighted by atomic mass is 10.1. The Labute approximate surface area is 131 Å². The maximum atomic E-state index is 13.1. The van der Waals surface area contributed by atoms with Gasteiger partial charge in [-0.2, -0.15) is 0 Å². The monoisotopic (exact) mass is 308 g/mol. The summed E-state index contributed by atoms with van der Waals surface area (Å²) in [5, 5.41) is 6.32. The summed E-state index contributed by atoms with van der Waals surface area (Å²) in [4.78, 5) is 17.3. The third kappa shape index (κ3) is 7.06. The number of likely N-dealkylation sites (N-methyl/N-ethyl adjacent to an activating group) is 1. The lowest BCUT2D eigenvalue weighted by Gasteiger charge is -2.13. The fourth-order valence-electron chi connectivity index (χ4n) is 1.72. The Morgan fingerprint density at radius 1 is 1.27 bits per heavy atom. The second-order valence-corrected chi connectivity index (χ2v) is 5.19. The number of carbonyl (C=O) groups excluding carboxylic acids is 1. The molecule has 0 aromatic heterocycles. The number of guanidine groups is 1. The van der Waals surface area contributed by atoms with E-state index in [2.05, 4.69) is 22.5 Å². The number of amides is 1. The van der Waals surface area contributed by atoms with Gasteiger partial charge in [0, 0.05) is 27.2 Å². The zero-order valence-corrected chi connectivity index (χ0v) is 13.5. The Morgan fingerprint density at radius 2 is 2.00 bits per heavy atom. The molecule has 0 saturated carbocycles. The highest BCUT2D eigenvalue weighted by atomic mass is 19.1. The third-order valence-electron chi connectivity index (χ3n) is 3.01. The molecule has 22 heavy (non-hydrogen) atoms. The highest BCUT2D eigenvalue weighted by molar-refractivity contribution is 5.84. The van der Waals surface area contributed by atoms with Crippen molar-refractivity contribution in [1.29, 1.82) is 0 Å². The molecular formula is C16H25FN4O. The zero-order valence-electron chi connectivity index (χ0n) is 13.5. The predicted molar refractivity (Wildman–Crippen MR) is 87.4 cm³/mol. The molecule has 0 radical (unpaired) electrons. The van der Waals surface area contributed by atoms with Gasteiger partial charge in [0.05, 0.1) is 0 Å². The minimum Gasteiger partial charge on any atom is -0.356 e. The Kier molecular flexibility index (Phi) is 7.96. The minimum absolute atomic E-state index is 0.0530. The number of hydrogen-bond donors (Lipinski definition) is 2. The minimum atomic E-state index is -0.230. The molecule has 0 heterocycles. The molecule has 6 heteroatoms. The summed E-state index contributed by atoms with van der Waals surface area (Å²) in [5.41, 5.74) is 0.923. The van der Waals surface area contributed by atoms with Crippen molar-refractivity contribution >= 4 is 11.9 Å². The first-order valence-electron chi connectivity index (χ1n) is 7.49. The van der Waals surface area contributed by atoms with E-state index >= 15 is 0 Å². The lowest BCUT2D eigenvalue weighted by molar-refractivity contribution is -0.127. The van der Waals surface area contributed by atoms with E-state index in [-0.39, 0.29) is 18.3 Å². The number of benzene rings is 1. The average molecular weight is 308 g/mol. The van der Waals surface area contributed by atoms with Crippen LogP contribution in [0.25, 0.3) is 0 Å². The second kappa shape index (κ2) is 9.76. The molecule has 2 N–H and O–H groups in total. The summed E-state index contributed by atoms with van der Waals surface area (Å²) >= 11 is 0. The standard InChI is InChI=1S/C16H25FN4O/c1-4-9-18-16(20-12-15(22)21(2)3)19-10-8-13-6-5-7-14(17)11-13/h5-7,11H,4,8-10,12H2,1-3H3,(H2,18,19,20). The first-order chi connectivity index (χ1) is 10.5. The van der Waals surface area contributed by atoms with Gasteiger partial charge in [-0.15, -0.1) is 0 Å². The molecule has 0 aliphatic rings. The molecule has 0 spiro atoms. The van der Waals surface area contributed by atoms with Crippen LogP contribution in [0, 0.1) is 5.82 Å². The van der Waals surface area contributed by atoms with Gasteiger partial charge >= 0.3 is 0 Å². The van der Waals surface area contributed by atoms with Gasteiger partial charge in [-0.3, -0.25) is 4.79 Å². The van der Waals surface area contributed by atoms with Crippen LogP contribution in [0.15, 0.2) is 29.3 Å². The summed E-state index contributed by atoms with van der Waals surface area (Å²) in [6, 6.07) is 6.54. The molecule has 0 fully saturated rings. The summed E-state index contributed by atoms with van der Waals surface area (Å²) in [6.45, 7) is 3.56. The molecule has 0 aliphatic carbocycles. The summed E-state index contributed by atoms with van der Waals surface area (Å²) < 4.78 is 13.1. The number of carbonyl (C=O) groups is 1. The van der Waals surface area contributed by atoms with Crippen molar-refractivity contribution in [2.75, 3.05) is 33.7 Å². The quantitative estimate of drug-likeness (QED) is 0.591. The van der Waals surface area contributed by atoms with Gasteiger partial charge in [0.1, 0.15) is 12.4 Å². The van der Waals surface area contributed by atoms with Gasteiger partial charge in [-0.1, -0.05) is 19.1 Å². The molecule has 1 rings (SSSR count). The van der Waals surface area contributed by atoms with E-state index in [1.807, 2.05) is 6.07 Å². The fraction of sp³-hybridized carbons (Fsp3) is 0.500. The van der Waals surface area contributed by atoms with Crippen LogP contribution in [-0.2, 0) is 11.2 Å². The molecule has 1 aromatic carbocycles. The molecular weight excluding hydrogens is 283 g/mol. The van der Waals surface area contributed by atoms with Crippen LogP contribution in [0.2, 0.25) is 0 Å². The SMILES string of the molecule is CCCNC(=NCC(=O)N(C)C)NCCc1cccc(F)c1. The highest BCUT2D eigenvalue weighted by Crippen LogP contribution is 2.03. The van der Waals surface area contributed by atoms with Gasteiger partial charge in [-0.05, 0) is 30.5 Å². The van der Waals surface area contributed by atoms with Gasteiger partial charge in [0.15, 0.2) is 5.96 Å². The maximum Gasteiger partial charge on any atom is 0.243 e. The zero-order chi connectivity index (χ0) is 16.4. The van der Waals surface area contributed by atoms with Crippen LogP contribution >= 0.6 is 0 Å². The second-order valence-electron chi connectivity index (χ2n) is 5.19. The smallest absolute Gasteiger partial charge is 0.243 e. The molecule has 0 saturated heterocycles. The molecule has 0 aliphatic heterocycles. The van der Waals surface area contributed by atoms with Crippen LogP contribution < -0.4 is 10.6 Å². The predicted octanol–water partition coefficient (Wildman–Crippen LogP) is 1.40. The van der Waals surface area contributed by atoms with Crippen molar-refractivity contribution in [2.24, 2.45) is 4.99 Å². The van der Waals surface area contributed by atoms with Gasteiger partial charge < -0.3 is 15.5 Å². The van der Waals surface area contributed by atoms with Crippen molar-refractivity contribution in [1.82, 2.24) is 15.5 Å². The van der Waals surface area contributed by atoms with E-state index in [9.17, 15) is 9.18 Å². The Hall–Kier alpha value is -2.11. The van der Waals surface area contributed by atoms with Crippen LogP contribution in [0.4, 0.5) is 4.39 Å². The van der Waals surface area contributed by atoms with Crippen molar-refractivity contribution in [3.05, 3.63) is 35.6 Å². The van der Waals surface area contributed by atoms with Crippen LogP contribution in [-0.4, -0.2) is 50.5 Å². The van der Waals surface area contributed by atoms with Gasteiger partial charge in [-0.25, -0.2) is 9.38 Å². The average Bonchev–Trinajstić information content (AvgIpc) is 2.49. The third-order valence-corrected chi connectivity index (χ3v) is 3.01. The van der Waals surface area contributed by atoms with Crippen LogP contribution in [0.1, 0.15) is 18.9 Å². The first kappa shape index (κ1) is 17.9. The summed E-state index contributed by atoms with van der Waals surface area (Å²) in [6.07, 6.45) is 1.65. The van der Waals surface area contributed by atoms with E-state index in [0.717, 1.165) is 18.5 Å². The Bertz CT molecular complexity index is 503. The summed E-state index contributed by atoms with van der Waals surface area (Å²) in [5.74, 6) is 0.322. The van der Waals surface area contributed by atoms with E-state index in [4.69, 9.17) is 0 Å². The van der Waals surface area contributed by atoms with Crippen molar-refractivity contribution in [2.45, 2.75) is 19.8 Å². The van der Waals surface area contributed by atoms with E-state index in [1.165, 1.54) is 17.0 Å². The normalized spacial score (nSPS) is 11.2. The summed E-state index contributed by atoms with van der Waals surface area (Å²) in [7, 11) is 3.41. The van der Waals surface area contributed by atoms with E-state index in [0.29, 0.717) is 18.9 Å². The van der Waals surface area contributed by atoms with Crippen molar-refractivity contribution in [3.63, 3.8) is 0 Å². The molecule has 1 amide bonds. The first-order valence-corrected chi connectivity index (χ1v) is 7.49. The molecule has 122 valence electrons. The molecule has 0 unspecified atom stereocenters. The number of rotatable bonds is 7. The number of nitrogens with zero attached hydrogens (tertiary/aromatic N) is 2. The van der Waals surface area contributed by atoms with Gasteiger partial charge in [0.25, 0.3) is 0 Å². The topological polar surface area (TPSA) is 56.7 Å². The fourth-order valence-corrected chi connectivity index (χ4v) is 1.72. The lowest BCUT2D eigenvalue weighted by Crippen LogP contribution is -2.39. The molecule has 1 aromatic rings. The van der Waals surface area contributed by atoms with Crippen LogP contribution in [0.5, 0.6) is 0 Å². The molecule has 5 nitrogen and oxygen atoms in total. The number of halogens is 1. The number of aliphatic imine (C=N–C) groups is 1. The number of nitrogens with one attached hydrogen (secondary N) is 2. The van der Waals surface area contributed by atoms with E-state index in [1.54, 1.807) is 20.2 Å². The van der Waals surface area contributed by atoms with Crippen molar-refractivity contribution < 1.29 is 9.18 Å². The van der Waals surface area contributed by atoms with Crippen molar-refractivity contribution in [3.8, 4) is 0 Å². The van der Waals surface area contributed by atoms with Crippen LogP contribution in [0.3, 0.4) is 0 Å². The van der Waals surface area contributed by atoms with E-state index < -0.39 is 0 Å². The largest absolute Gasteiger partial charge is 0.356 e.